The first-order valence-corrected chi connectivity index (χ1v) is 7.03. The lowest BCUT2D eigenvalue weighted by Crippen LogP contribution is -2.17. The number of nitrogens with zero attached hydrogens (tertiary/aromatic N) is 4. The second-order valence-corrected chi connectivity index (χ2v) is 6.24. The Morgan fingerprint density at radius 2 is 2.24 bits per heavy atom. The second-order valence-electron chi connectivity index (χ2n) is 4.25. The van der Waals surface area contributed by atoms with Gasteiger partial charge in [0.2, 0.25) is 0 Å². The van der Waals surface area contributed by atoms with E-state index in [-0.39, 0.29) is 5.41 Å². The largest absolute Gasteiger partial charge is 0.189 e. The first-order chi connectivity index (χ1) is 8.22. The van der Waals surface area contributed by atoms with Crippen LogP contribution in [0.4, 0.5) is 0 Å². The van der Waals surface area contributed by atoms with Gasteiger partial charge in [0, 0.05) is 10.3 Å². The zero-order valence-corrected chi connectivity index (χ0v) is 11.3. The van der Waals surface area contributed by atoms with Gasteiger partial charge in [-0.1, -0.05) is 11.6 Å². The molecule has 0 bridgehead atoms. The van der Waals surface area contributed by atoms with E-state index in [1.807, 2.05) is 6.07 Å². The first-order valence-electron chi connectivity index (χ1n) is 5.30. The van der Waals surface area contributed by atoms with Crippen LogP contribution in [-0.4, -0.2) is 20.2 Å². The molecule has 0 N–H and O–H groups in total. The van der Waals surface area contributed by atoms with Gasteiger partial charge in [0.15, 0.2) is 5.82 Å². The zero-order valence-electron chi connectivity index (χ0n) is 8.94. The number of tetrazole rings is 1. The third-order valence-corrected chi connectivity index (χ3v) is 4.72. The summed E-state index contributed by atoms with van der Waals surface area (Å²) in [5.74, 6) is 0.879. The summed E-state index contributed by atoms with van der Waals surface area (Å²) >= 11 is 13.3. The molecule has 7 heteroatoms. The lowest BCUT2D eigenvalue weighted by atomic mass is 10.1. The molecule has 1 aliphatic rings. The number of halogens is 2. The molecule has 1 aliphatic carbocycles. The molecule has 0 unspecified atom stereocenters. The fraction of sp³-hybridized carbons (Fsp3) is 0.500. The molecule has 3 rings (SSSR count). The van der Waals surface area contributed by atoms with E-state index in [0.717, 1.165) is 23.7 Å². The highest BCUT2D eigenvalue weighted by atomic mass is 35.5. The molecule has 2 aromatic rings. The van der Waals surface area contributed by atoms with Crippen molar-refractivity contribution in [3.05, 3.63) is 27.2 Å². The van der Waals surface area contributed by atoms with E-state index in [1.165, 1.54) is 4.88 Å². The highest BCUT2D eigenvalue weighted by molar-refractivity contribution is 7.16. The zero-order chi connectivity index (χ0) is 11.9. The van der Waals surface area contributed by atoms with E-state index < -0.39 is 0 Å². The van der Waals surface area contributed by atoms with E-state index in [9.17, 15) is 0 Å². The van der Waals surface area contributed by atoms with Crippen LogP contribution in [-0.2, 0) is 17.8 Å². The van der Waals surface area contributed by atoms with Gasteiger partial charge in [0.25, 0.3) is 0 Å². The van der Waals surface area contributed by atoms with Crippen molar-refractivity contribution in [2.75, 3.05) is 0 Å². The summed E-state index contributed by atoms with van der Waals surface area (Å²) in [6, 6.07) is 4.04. The SMILES string of the molecule is ClCc1nnn(CC2(c3ccc(Cl)s3)CC2)n1. The Morgan fingerprint density at radius 3 is 2.76 bits per heavy atom. The number of hydrogen-bond donors (Lipinski definition) is 0. The molecule has 0 radical (unpaired) electrons. The van der Waals surface area contributed by atoms with Gasteiger partial charge < -0.3 is 0 Å². The average Bonchev–Trinajstić information content (AvgIpc) is 2.75. The molecule has 1 saturated carbocycles. The van der Waals surface area contributed by atoms with Gasteiger partial charge >= 0.3 is 0 Å². The van der Waals surface area contributed by atoms with Crippen molar-refractivity contribution in [2.24, 2.45) is 0 Å². The first kappa shape index (κ1) is 11.4. The van der Waals surface area contributed by atoms with Crippen LogP contribution in [0.25, 0.3) is 0 Å². The maximum atomic E-state index is 5.97. The number of alkyl halides is 1. The smallest absolute Gasteiger partial charge is 0.163 e. The monoisotopic (exact) mass is 288 g/mol. The summed E-state index contributed by atoms with van der Waals surface area (Å²) < 4.78 is 0.833. The van der Waals surface area contributed by atoms with Crippen LogP contribution < -0.4 is 0 Å². The Bertz CT molecular complexity index is 532. The van der Waals surface area contributed by atoms with E-state index in [0.29, 0.717) is 11.7 Å². The van der Waals surface area contributed by atoms with Crippen LogP contribution in [0.15, 0.2) is 12.1 Å². The Balaban J connectivity index is 1.80. The van der Waals surface area contributed by atoms with Gasteiger partial charge in [-0.15, -0.1) is 33.1 Å². The molecule has 4 nitrogen and oxygen atoms in total. The molecule has 17 heavy (non-hydrogen) atoms. The maximum absolute atomic E-state index is 5.97. The third-order valence-electron chi connectivity index (χ3n) is 3.01. The molecular formula is C10H10Cl2N4S. The van der Waals surface area contributed by atoms with Gasteiger partial charge in [-0.3, -0.25) is 0 Å². The average molecular weight is 289 g/mol. The Morgan fingerprint density at radius 1 is 1.41 bits per heavy atom. The van der Waals surface area contributed by atoms with Crippen molar-refractivity contribution >= 4 is 34.5 Å². The highest BCUT2D eigenvalue weighted by Crippen LogP contribution is 2.52. The highest BCUT2D eigenvalue weighted by Gasteiger charge is 2.46. The van der Waals surface area contributed by atoms with Crippen molar-refractivity contribution in [2.45, 2.75) is 30.7 Å². The minimum Gasteiger partial charge on any atom is -0.163 e. The van der Waals surface area contributed by atoms with Crippen LogP contribution in [0.1, 0.15) is 23.5 Å². The second kappa shape index (κ2) is 4.23. The Labute approximate surface area is 113 Å². The van der Waals surface area contributed by atoms with Gasteiger partial charge in [0.1, 0.15) is 0 Å². The fourth-order valence-corrected chi connectivity index (χ4v) is 3.29. The summed E-state index contributed by atoms with van der Waals surface area (Å²) in [4.78, 5) is 2.95. The molecule has 0 aliphatic heterocycles. The summed E-state index contributed by atoms with van der Waals surface area (Å²) in [6.07, 6.45) is 2.31. The van der Waals surface area contributed by atoms with Gasteiger partial charge in [-0.05, 0) is 30.2 Å². The predicted octanol–water partition coefficient (Wildman–Crippen LogP) is 2.86. The summed E-state index contributed by atoms with van der Waals surface area (Å²) in [5, 5.41) is 12.1. The standard InChI is InChI=1S/C10H10Cl2N4S/c11-5-9-13-15-16(14-9)6-10(3-4-10)7-1-2-8(12)17-7/h1-2H,3-6H2. The lowest BCUT2D eigenvalue weighted by Gasteiger charge is -2.11. The number of aromatic nitrogens is 4. The lowest BCUT2D eigenvalue weighted by molar-refractivity contribution is 0.447. The van der Waals surface area contributed by atoms with Crippen LogP contribution in [0, 0.1) is 0 Å². The van der Waals surface area contributed by atoms with Crippen molar-refractivity contribution < 1.29 is 0 Å². The Hall–Kier alpha value is -0.650. The predicted molar refractivity (Wildman–Crippen MR) is 67.6 cm³/mol. The number of hydrogen-bond acceptors (Lipinski definition) is 4. The van der Waals surface area contributed by atoms with E-state index in [4.69, 9.17) is 23.2 Å². The van der Waals surface area contributed by atoms with Crippen molar-refractivity contribution in [3.8, 4) is 0 Å². The summed E-state index contributed by atoms with van der Waals surface area (Å²) in [6.45, 7) is 0.758. The number of thiophene rings is 1. The molecule has 0 spiro atoms. The molecule has 2 aromatic heterocycles. The summed E-state index contributed by atoms with van der Waals surface area (Å²) in [5.41, 5.74) is 0.169. The van der Waals surface area contributed by atoms with E-state index in [2.05, 4.69) is 21.5 Å². The normalized spacial score (nSPS) is 17.3. The van der Waals surface area contributed by atoms with Crippen LogP contribution >= 0.6 is 34.5 Å². The van der Waals surface area contributed by atoms with Gasteiger partial charge in [-0.25, -0.2) is 0 Å². The maximum Gasteiger partial charge on any atom is 0.189 e. The molecule has 0 aromatic carbocycles. The fourth-order valence-electron chi connectivity index (χ4n) is 1.90. The molecule has 0 amide bonds. The van der Waals surface area contributed by atoms with Crippen molar-refractivity contribution in [1.29, 1.82) is 0 Å². The quantitative estimate of drug-likeness (QED) is 0.813. The van der Waals surface area contributed by atoms with E-state index >= 15 is 0 Å². The molecule has 0 atom stereocenters. The Kier molecular flexibility index (Phi) is 2.84. The molecule has 0 saturated heterocycles. The molecule has 1 fully saturated rings. The van der Waals surface area contributed by atoms with Gasteiger partial charge in [-0.2, -0.15) is 4.80 Å². The minimum atomic E-state index is 0.169. The van der Waals surface area contributed by atoms with Crippen molar-refractivity contribution in [1.82, 2.24) is 20.2 Å². The minimum absolute atomic E-state index is 0.169. The molecule has 90 valence electrons. The molecular weight excluding hydrogens is 279 g/mol. The van der Waals surface area contributed by atoms with Crippen LogP contribution in [0.3, 0.4) is 0 Å². The van der Waals surface area contributed by atoms with E-state index in [1.54, 1.807) is 16.1 Å². The van der Waals surface area contributed by atoms with Crippen molar-refractivity contribution in [3.63, 3.8) is 0 Å². The van der Waals surface area contributed by atoms with Crippen LogP contribution in [0.2, 0.25) is 4.34 Å². The summed E-state index contributed by atoms with van der Waals surface area (Å²) in [7, 11) is 0. The number of rotatable bonds is 4. The van der Waals surface area contributed by atoms with Gasteiger partial charge in [0.05, 0.1) is 16.8 Å². The molecule has 2 heterocycles. The topological polar surface area (TPSA) is 43.6 Å². The van der Waals surface area contributed by atoms with Crippen LogP contribution in [0.5, 0.6) is 0 Å². The third kappa shape index (κ3) is 2.19.